The van der Waals surface area contributed by atoms with Crippen molar-refractivity contribution in [3.8, 4) is 0 Å². The number of hydrogen-bond acceptors (Lipinski definition) is 6. The van der Waals surface area contributed by atoms with E-state index in [0.717, 1.165) is 49.5 Å². The molecule has 1 amide bonds. The highest BCUT2D eigenvalue weighted by atomic mass is 32.1. The molecule has 5 rings (SSSR count). The molecule has 0 saturated carbocycles. The fourth-order valence-corrected chi connectivity index (χ4v) is 5.34. The van der Waals surface area contributed by atoms with Gasteiger partial charge in [-0.25, -0.2) is 0 Å². The van der Waals surface area contributed by atoms with Crippen molar-refractivity contribution in [3.05, 3.63) is 69.8 Å². The monoisotopic (exact) mass is 453 g/mol. The molecule has 32 heavy (non-hydrogen) atoms. The number of benzene rings is 1. The molecule has 0 unspecified atom stereocenters. The van der Waals surface area contributed by atoms with Crippen LogP contribution in [-0.2, 0) is 9.53 Å². The lowest BCUT2D eigenvalue weighted by molar-refractivity contribution is -0.908. The predicted octanol–water partition coefficient (Wildman–Crippen LogP) is 2.38. The van der Waals surface area contributed by atoms with Gasteiger partial charge in [-0.05, 0) is 23.6 Å². The molecule has 0 bridgehead atoms. The topological polar surface area (TPSA) is 84.4 Å². The lowest BCUT2D eigenvalue weighted by atomic mass is 10.00. The van der Waals surface area contributed by atoms with Crippen molar-refractivity contribution >= 4 is 34.0 Å². The van der Waals surface area contributed by atoms with Crippen LogP contribution in [-0.4, -0.2) is 61.1 Å². The number of carbonyl (C=O) groups excluding carboxylic acids is 2. The van der Waals surface area contributed by atoms with Crippen molar-refractivity contribution in [1.82, 2.24) is 4.90 Å². The Bertz CT molecular complexity index is 1130. The minimum absolute atomic E-state index is 0.0928. The number of furan rings is 1. The molecular formula is C24H25N2O5S+. The molecule has 1 aromatic carbocycles. The highest BCUT2D eigenvalue weighted by molar-refractivity contribution is 7.10. The lowest BCUT2D eigenvalue weighted by Crippen LogP contribution is -3.14. The second-order valence-electron chi connectivity index (χ2n) is 8.12. The van der Waals surface area contributed by atoms with E-state index in [1.54, 1.807) is 17.0 Å². The molecular weight excluding hydrogens is 428 g/mol. The quantitative estimate of drug-likeness (QED) is 0.537. The van der Waals surface area contributed by atoms with Crippen LogP contribution in [0.15, 0.2) is 63.6 Å². The molecule has 1 saturated heterocycles. The van der Waals surface area contributed by atoms with Crippen molar-refractivity contribution in [1.29, 1.82) is 0 Å². The van der Waals surface area contributed by atoms with Gasteiger partial charge in [0.05, 0.1) is 31.4 Å². The Labute approximate surface area is 189 Å². The molecule has 2 N–H and O–H groups in total. The van der Waals surface area contributed by atoms with E-state index in [0.29, 0.717) is 12.1 Å². The largest absolute Gasteiger partial charge is 0.503 e. The molecule has 2 aliphatic heterocycles. The van der Waals surface area contributed by atoms with Gasteiger partial charge in [0.2, 0.25) is 5.78 Å². The summed E-state index contributed by atoms with van der Waals surface area (Å²) in [7, 11) is 0. The van der Waals surface area contributed by atoms with Crippen molar-refractivity contribution in [2.75, 3.05) is 39.4 Å². The Hall–Kier alpha value is -2.94. The smallest absolute Gasteiger partial charge is 0.290 e. The first-order chi connectivity index (χ1) is 15.6. The number of rotatable bonds is 7. The van der Waals surface area contributed by atoms with E-state index < -0.39 is 23.5 Å². The van der Waals surface area contributed by atoms with Crippen LogP contribution in [0.5, 0.6) is 0 Å². The number of aliphatic hydroxyl groups excluding tert-OH is 1. The minimum Gasteiger partial charge on any atom is -0.503 e. The number of nitrogens with one attached hydrogen (secondary N) is 1. The van der Waals surface area contributed by atoms with Crippen molar-refractivity contribution in [3.63, 3.8) is 0 Å². The number of Topliss-reactive ketones (excluding diaryl/α,β-unsaturated/α-hetero) is 1. The number of ketones is 1. The lowest BCUT2D eigenvalue weighted by Gasteiger charge is -2.27. The van der Waals surface area contributed by atoms with Gasteiger partial charge in [0.15, 0.2) is 11.5 Å². The number of quaternary nitrogens is 1. The summed E-state index contributed by atoms with van der Waals surface area (Å²) in [6.07, 6.45) is 0.780. The number of nitrogens with zero attached hydrogens (tertiary/aromatic N) is 1. The predicted molar refractivity (Wildman–Crippen MR) is 120 cm³/mol. The van der Waals surface area contributed by atoms with Gasteiger partial charge in [-0.1, -0.05) is 24.3 Å². The Morgan fingerprint density at radius 2 is 2.00 bits per heavy atom. The van der Waals surface area contributed by atoms with Crippen LogP contribution < -0.4 is 4.90 Å². The fraction of sp³-hybridized carbons (Fsp3) is 0.333. The summed E-state index contributed by atoms with van der Waals surface area (Å²) < 4.78 is 11.2. The SMILES string of the molecule is O=C(C1=C(O)C(=O)N(CCC[NH+]2CCOCC2)[C@@H]1c1cccs1)c1cc2ccccc2o1. The summed E-state index contributed by atoms with van der Waals surface area (Å²) in [5, 5.41) is 13.5. The molecule has 0 radical (unpaired) electrons. The summed E-state index contributed by atoms with van der Waals surface area (Å²) in [6, 6.07) is 12.2. The number of thiophene rings is 1. The molecule has 0 aliphatic carbocycles. The molecule has 1 atom stereocenters. The Balaban J connectivity index is 1.41. The first kappa shape index (κ1) is 20.9. The second kappa shape index (κ2) is 8.90. The van der Waals surface area contributed by atoms with E-state index >= 15 is 0 Å². The molecule has 2 aliphatic rings. The molecule has 1 fully saturated rings. The number of hydrogen-bond donors (Lipinski definition) is 2. The normalized spacial score (nSPS) is 19.9. The van der Waals surface area contributed by atoms with Gasteiger partial charge in [-0.15, -0.1) is 11.3 Å². The fourth-order valence-electron chi connectivity index (χ4n) is 4.49. The maximum atomic E-state index is 13.4. The molecule has 7 nitrogen and oxygen atoms in total. The van der Waals surface area contributed by atoms with Gasteiger partial charge >= 0.3 is 0 Å². The first-order valence-corrected chi connectivity index (χ1v) is 11.7. The number of morpholine rings is 1. The second-order valence-corrected chi connectivity index (χ2v) is 9.10. The van der Waals surface area contributed by atoms with Crippen LogP contribution in [0.4, 0.5) is 0 Å². The summed E-state index contributed by atoms with van der Waals surface area (Å²) in [6.45, 7) is 4.82. The summed E-state index contributed by atoms with van der Waals surface area (Å²) >= 11 is 1.47. The van der Waals surface area contributed by atoms with E-state index in [2.05, 4.69) is 0 Å². The van der Waals surface area contributed by atoms with E-state index in [1.807, 2.05) is 35.7 Å². The highest BCUT2D eigenvalue weighted by Crippen LogP contribution is 2.41. The zero-order chi connectivity index (χ0) is 22.1. The van der Waals surface area contributed by atoms with Crippen molar-refractivity contribution < 1.29 is 28.7 Å². The summed E-state index contributed by atoms with van der Waals surface area (Å²) in [5.74, 6) is -1.30. The number of amides is 1. The number of para-hydroxylation sites is 1. The van der Waals surface area contributed by atoms with Crippen LogP contribution >= 0.6 is 11.3 Å². The molecule has 166 valence electrons. The van der Waals surface area contributed by atoms with Gasteiger partial charge in [-0.2, -0.15) is 0 Å². The van der Waals surface area contributed by atoms with Crippen molar-refractivity contribution in [2.24, 2.45) is 0 Å². The number of fused-ring (bicyclic) bond motifs is 1. The van der Waals surface area contributed by atoms with Gasteiger partial charge in [0, 0.05) is 23.2 Å². The van der Waals surface area contributed by atoms with Gasteiger partial charge in [0.1, 0.15) is 18.7 Å². The van der Waals surface area contributed by atoms with Gasteiger partial charge in [-0.3, -0.25) is 9.59 Å². The van der Waals surface area contributed by atoms with Crippen LogP contribution in [0.2, 0.25) is 0 Å². The minimum atomic E-state index is -0.608. The van der Waals surface area contributed by atoms with E-state index in [1.165, 1.54) is 16.2 Å². The molecule has 0 spiro atoms. The van der Waals surface area contributed by atoms with Gasteiger partial charge in [0.25, 0.3) is 5.91 Å². The average molecular weight is 454 g/mol. The van der Waals surface area contributed by atoms with Crippen LogP contribution in [0, 0.1) is 0 Å². The third-order valence-corrected chi connectivity index (χ3v) is 7.06. The van der Waals surface area contributed by atoms with Crippen molar-refractivity contribution in [2.45, 2.75) is 12.5 Å². The molecule has 2 aromatic heterocycles. The Morgan fingerprint density at radius 3 is 2.75 bits per heavy atom. The van der Waals surface area contributed by atoms with E-state index in [9.17, 15) is 14.7 Å². The van der Waals surface area contributed by atoms with Crippen LogP contribution in [0.25, 0.3) is 11.0 Å². The highest BCUT2D eigenvalue weighted by Gasteiger charge is 2.44. The standard InChI is InChI=1S/C24H24N2O5S/c27-22(18-15-16-5-1-2-6-17(16)31-18)20-21(19-7-3-14-32-19)26(24(29)23(20)28)9-4-8-25-10-12-30-13-11-25/h1-3,5-7,14-15,21,28H,4,8-13H2/p+1/t21-/m1/s1. The Morgan fingerprint density at radius 1 is 1.19 bits per heavy atom. The van der Waals surface area contributed by atoms with E-state index in [4.69, 9.17) is 9.15 Å². The Kier molecular flexibility index (Phi) is 5.82. The molecule has 4 heterocycles. The van der Waals surface area contributed by atoms with Crippen LogP contribution in [0.3, 0.4) is 0 Å². The zero-order valence-electron chi connectivity index (χ0n) is 17.6. The molecule has 3 aromatic rings. The maximum absolute atomic E-state index is 13.4. The average Bonchev–Trinajstić information content (AvgIpc) is 3.54. The number of aliphatic hydroxyl groups is 1. The number of carbonyl (C=O) groups is 2. The molecule has 8 heteroatoms. The third kappa shape index (κ3) is 3.85. The summed E-state index contributed by atoms with van der Waals surface area (Å²) in [5.41, 5.74) is 0.688. The number of ether oxygens (including phenoxy) is 1. The first-order valence-electron chi connectivity index (χ1n) is 10.9. The van der Waals surface area contributed by atoms with E-state index in [-0.39, 0.29) is 11.3 Å². The maximum Gasteiger partial charge on any atom is 0.290 e. The summed E-state index contributed by atoms with van der Waals surface area (Å²) in [4.78, 5) is 30.4. The zero-order valence-corrected chi connectivity index (χ0v) is 18.4. The van der Waals surface area contributed by atoms with Gasteiger partial charge < -0.3 is 24.1 Å². The third-order valence-electron chi connectivity index (χ3n) is 6.14. The van der Waals surface area contributed by atoms with Crippen LogP contribution in [0.1, 0.15) is 27.9 Å².